The van der Waals surface area contributed by atoms with Gasteiger partial charge in [0.25, 0.3) is 0 Å². The van der Waals surface area contributed by atoms with Gasteiger partial charge in [-0.3, -0.25) is 0 Å². The van der Waals surface area contributed by atoms with Crippen LogP contribution in [0, 0.1) is 0 Å². The van der Waals surface area contributed by atoms with E-state index in [4.69, 9.17) is 19.9 Å². The second kappa shape index (κ2) is 4.61. The average Bonchev–Trinajstić information content (AvgIpc) is 2.06. The van der Waals surface area contributed by atoms with E-state index in [1.165, 1.54) is 0 Å². The molecule has 0 amide bonds. The summed E-state index contributed by atoms with van der Waals surface area (Å²) in [5, 5.41) is 0. The van der Waals surface area contributed by atoms with E-state index in [0.29, 0.717) is 0 Å². The fourth-order valence-corrected chi connectivity index (χ4v) is 5.57. The van der Waals surface area contributed by atoms with Crippen molar-refractivity contribution in [3.8, 4) is 0 Å². The molecule has 1 aromatic rings. The Morgan fingerprint density at radius 2 is 1.58 bits per heavy atom. The summed E-state index contributed by atoms with van der Waals surface area (Å²) >= 11 is 3.75. The van der Waals surface area contributed by atoms with Crippen LogP contribution in [0.5, 0.6) is 0 Å². The third kappa shape index (κ3) is 2.59. The number of hydrogen-bond acceptors (Lipinski definition) is 0. The van der Waals surface area contributed by atoms with Gasteiger partial charge in [0.15, 0.2) is 0 Å². The molecule has 66 valence electrons. The van der Waals surface area contributed by atoms with E-state index < -0.39 is 11.2 Å². The van der Waals surface area contributed by atoms with Crippen LogP contribution in [-0.2, 0) is 0 Å². The van der Waals surface area contributed by atoms with Gasteiger partial charge < -0.3 is 0 Å². The van der Waals surface area contributed by atoms with Crippen molar-refractivity contribution in [3.63, 3.8) is 0 Å². The van der Waals surface area contributed by atoms with Crippen molar-refractivity contribution in [1.29, 1.82) is 0 Å². The molecule has 0 unspecified atom stereocenters. The van der Waals surface area contributed by atoms with Gasteiger partial charge in [-0.05, 0) is 0 Å². The summed E-state index contributed by atoms with van der Waals surface area (Å²) in [6, 6.07) is 9.68. The summed E-state index contributed by atoms with van der Waals surface area (Å²) in [5.41, 5.74) is 0. The van der Waals surface area contributed by atoms with Crippen molar-refractivity contribution in [2.75, 3.05) is 0 Å². The van der Waals surface area contributed by atoms with E-state index in [2.05, 4.69) is 31.9 Å². The average molecular weight is 395 g/mol. The van der Waals surface area contributed by atoms with Gasteiger partial charge in [-0.15, -0.1) is 0 Å². The number of hydrogen-bond donors (Lipinski definition) is 0. The molecule has 1 aromatic carbocycles. The van der Waals surface area contributed by atoms with Crippen molar-refractivity contribution < 1.29 is 0 Å². The molecule has 0 heterocycles. The molecule has 0 bridgehead atoms. The molecule has 0 saturated heterocycles. The fraction of sp³-hybridized carbons (Fsp3) is 0. The molecule has 0 aliphatic rings. The van der Waals surface area contributed by atoms with E-state index >= 15 is 0 Å². The van der Waals surface area contributed by atoms with Gasteiger partial charge >= 0.3 is 99.8 Å². The molecule has 0 aliphatic heterocycles. The van der Waals surface area contributed by atoms with Crippen LogP contribution in [0.25, 0.3) is 0 Å². The van der Waals surface area contributed by atoms with Crippen LogP contribution in [0.3, 0.4) is 0 Å². The van der Waals surface area contributed by atoms with Crippen LogP contribution >= 0.6 is 51.8 Å². The maximum atomic E-state index is 6.20. The summed E-state index contributed by atoms with van der Waals surface area (Å²) in [4.78, 5) is 0. The monoisotopic (exact) mass is 392 g/mol. The summed E-state index contributed by atoms with van der Waals surface area (Å²) in [6.45, 7) is 0. The second-order valence-corrected chi connectivity index (χ2v) is 17.7. The Morgan fingerprint density at radius 1 is 1.08 bits per heavy atom. The van der Waals surface area contributed by atoms with Crippen molar-refractivity contribution in [1.82, 2.24) is 0 Å². The molecule has 0 spiro atoms. The molecule has 1 rings (SSSR count). The molecule has 12 heavy (non-hydrogen) atoms. The van der Waals surface area contributed by atoms with Gasteiger partial charge in [0.2, 0.25) is 0 Å². The molecule has 0 aliphatic carbocycles. The predicted octanol–water partition coefficient (Wildman–Crippen LogP) is 3.27. The molecule has 5 heteroatoms. The van der Waals surface area contributed by atoms with Crippen LogP contribution in [0.1, 0.15) is 0 Å². The minimum absolute atomic E-state index is 0.780. The van der Waals surface area contributed by atoms with Gasteiger partial charge in [0.05, 0.1) is 0 Å². The van der Waals surface area contributed by atoms with Crippen LogP contribution in [0.15, 0.2) is 30.3 Å². The molecule has 0 N–H and O–H groups in total. The Morgan fingerprint density at radius 3 is 2.00 bits per heavy atom. The molecular formula is C7H5AsBr2Cl2. The van der Waals surface area contributed by atoms with E-state index in [-0.39, 0.29) is 0 Å². The predicted molar refractivity (Wildman–Crippen MR) is 66.4 cm³/mol. The molecule has 0 saturated carbocycles. The number of benzene rings is 1. The SMILES string of the molecule is Cl[As](Cl)(=C(Br)Br)c1ccccc1. The van der Waals surface area contributed by atoms with Crippen molar-refractivity contribution in [3.05, 3.63) is 30.3 Å². The van der Waals surface area contributed by atoms with E-state index in [1.807, 2.05) is 30.3 Å². The molecule has 0 radical (unpaired) electrons. The van der Waals surface area contributed by atoms with E-state index in [0.717, 1.165) is 6.47 Å². The third-order valence-corrected chi connectivity index (χ3v) is 17.7. The van der Waals surface area contributed by atoms with Gasteiger partial charge in [0, 0.05) is 0 Å². The van der Waals surface area contributed by atoms with Gasteiger partial charge in [0.1, 0.15) is 0 Å². The molecule has 0 nitrogen and oxygen atoms in total. The van der Waals surface area contributed by atoms with Crippen molar-refractivity contribution in [2.45, 2.75) is 0 Å². The normalized spacial score (nSPS) is 11.3. The molecule has 0 atom stereocenters. The summed E-state index contributed by atoms with van der Waals surface area (Å²) in [5.74, 6) is 0. The molecule has 0 fully saturated rings. The quantitative estimate of drug-likeness (QED) is 0.641. The molecule has 0 aromatic heterocycles. The first-order chi connectivity index (χ1) is 5.55. The van der Waals surface area contributed by atoms with Gasteiger partial charge in [-0.25, -0.2) is 0 Å². The van der Waals surface area contributed by atoms with E-state index in [9.17, 15) is 0 Å². The number of rotatable bonds is 1. The Labute approximate surface area is 98.8 Å². The molecular weight excluding hydrogens is 390 g/mol. The van der Waals surface area contributed by atoms with Gasteiger partial charge in [-0.2, -0.15) is 0 Å². The Balaban J connectivity index is 3.26. The zero-order valence-electron chi connectivity index (χ0n) is 5.85. The summed E-state index contributed by atoms with van der Waals surface area (Å²) < 4.78 is 1.78. The fourth-order valence-electron chi connectivity index (χ4n) is 0.713. The van der Waals surface area contributed by atoms with E-state index in [1.54, 1.807) is 0 Å². The van der Waals surface area contributed by atoms with Crippen LogP contribution in [0.4, 0.5) is 0 Å². The van der Waals surface area contributed by atoms with Crippen LogP contribution < -0.4 is 4.35 Å². The summed E-state index contributed by atoms with van der Waals surface area (Å²) in [6.07, 6.45) is 0. The zero-order chi connectivity index (χ0) is 9.19. The van der Waals surface area contributed by atoms with Gasteiger partial charge in [-0.1, -0.05) is 0 Å². The standard InChI is InChI=1S/C7H5AsBr2Cl2/c9-7(10)8(11,12)6-4-2-1-3-5-6/h1-5H. The maximum absolute atomic E-state index is 6.20. The Kier molecular flexibility index (Phi) is 4.33. The van der Waals surface area contributed by atoms with Crippen LogP contribution in [0.2, 0.25) is 0 Å². The second-order valence-electron chi connectivity index (χ2n) is 2.09. The number of halogens is 4. The first kappa shape index (κ1) is 11.3. The topological polar surface area (TPSA) is 0 Å². The van der Waals surface area contributed by atoms with Crippen molar-refractivity contribution in [2.24, 2.45) is 0 Å². The van der Waals surface area contributed by atoms with Crippen LogP contribution in [-0.4, -0.2) is 13.3 Å². The van der Waals surface area contributed by atoms with Crippen molar-refractivity contribution >= 4 is 69.5 Å². The Bertz CT molecular complexity index is 313. The first-order valence-electron chi connectivity index (χ1n) is 3.07. The third-order valence-electron chi connectivity index (χ3n) is 1.29. The minimum atomic E-state index is -2.81. The first-order valence-corrected chi connectivity index (χ1v) is 11.5. The summed E-state index contributed by atoms with van der Waals surface area (Å²) in [7, 11) is 12.4. The Hall–Kier alpha value is 1.19. The zero-order valence-corrected chi connectivity index (χ0v) is 12.4.